The van der Waals surface area contributed by atoms with Crippen molar-refractivity contribution in [3.8, 4) is 0 Å². The molecule has 7 heteroatoms. The summed E-state index contributed by atoms with van der Waals surface area (Å²) in [5, 5.41) is 9.42. The molecule has 0 aliphatic carbocycles. The lowest BCUT2D eigenvalue weighted by atomic mass is 9.99. The molecule has 0 radical (unpaired) electrons. The summed E-state index contributed by atoms with van der Waals surface area (Å²) in [6.07, 6.45) is 3.77. The Balaban J connectivity index is 2.08. The van der Waals surface area contributed by atoms with Gasteiger partial charge in [0.1, 0.15) is 16.7 Å². The maximum absolute atomic E-state index is 12.7. The maximum Gasteiger partial charge on any atom is 0.329 e. The van der Waals surface area contributed by atoms with Crippen molar-refractivity contribution in [3.63, 3.8) is 0 Å². The summed E-state index contributed by atoms with van der Waals surface area (Å²) < 4.78 is 1.30. The number of amides is 1. The van der Waals surface area contributed by atoms with Crippen LogP contribution < -0.4 is 5.56 Å². The number of carboxylic acids is 1. The van der Waals surface area contributed by atoms with E-state index in [1.807, 2.05) is 6.92 Å². The number of aromatic nitrogens is 2. The van der Waals surface area contributed by atoms with Crippen LogP contribution in [0.25, 0.3) is 5.65 Å². The van der Waals surface area contributed by atoms with Gasteiger partial charge in [-0.2, -0.15) is 0 Å². The van der Waals surface area contributed by atoms with Crippen molar-refractivity contribution in [2.45, 2.75) is 32.2 Å². The quantitative estimate of drug-likeness (QED) is 0.895. The van der Waals surface area contributed by atoms with Crippen molar-refractivity contribution in [2.24, 2.45) is 0 Å². The van der Waals surface area contributed by atoms with Gasteiger partial charge in [0.2, 0.25) is 0 Å². The molecule has 3 rings (SSSR count). The fourth-order valence-corrected chi connectivity index (χ4v) is 2.98. The molecule has 120 valence electrons. The van der Waals surface area contributed by atoms with E-state index in [4.69, 9.17) is 0 Å². The third kappa shape index (κ3) is 2.28. The van der Waals surface area contributed by atoms with Crippen LogP contribution in [0, 0.1) is 6.92 Å². The third-order valence-corrected chi connectivity index (χ3v) is 4.44. The number of hydrogen-bond donors (Lipinski definition) is 1. The zero-order valence-electron chi connectivity index (χ0n) is 12.9. The highest BCUT2D eigenvalue weighted by Gasteiger charge is 2.46. The van der Waals surface area contributed by atoms with Crippen molar-refractivity contribution in [3.05, 3.63) is 46.0 Å². The molecule has 0 bridgehead atoms. The molecule has 1 aliphatic rings. The number of likely N-dealkylation sites (tertiary alicyclic amines) is 1. The van der Waals surface area contributed by atoms with Gasteiger partial charge in [0.25, 0.3) is 11.5 Å². The molecular formula is C16H17N3O4. The average molecular weight is 315 g/mol. The molecule has 1 aliphatic heterocycles. The van der Waals surface area contributed by atoms with Crippen molar-refractivity contribution < 1.29 is 14.7 Å². The highest BCUT2D eigenvalue weighted by Crippen LogP contribution is 2.30. The van der Waals surface area contributed by atoms with E-state index in [1.165, 1.54) is 22.4 Å². The summed E-state index contributed by atoms with van der Waals surface area (Å²) in [5.41, 5.74) is -0.473. The first-order valence-corrected chi connectivity index (χ1v) is 7.38. The second-order valence-corrected chi connectivity index (χ2v) is 6.05. The number of carbonyl (C=O) groups is 2. The minimum atomic E-state index is -1.28. The molecule has 2 aromatic heterocycles. The smallest absolute Gasteiger partial charge is 0.329 e. The second kappa shape index (κ2) is 5.19. The largest absolute Gasteiger partial charge is 0.480 e. The van der Waals surface area contributed by atoms with Gasteiger partial charge >= 0.3 is 5.97 Å². The van der Waals surface area contributed by atoms with Crippen molar-refractivity contribution in [1.29, 1.82) is 0 Å². The summed E-state index contributed by atoms with van der Waals surface area (Å²) in [6.45, 7) is 3.71. The van der Waals surface area contributed by atoms with Gasteiger partial charge < -0.3 is 10.0 Å². The topological polar surface area (TPSA) is 92.0 Å². The van der Waals surface area contributed by atoms with Gasteiger partial charge in [0.05, 0.1) is 0 Å². The minimum Gasteiger partial charge on any atom is -0.480 e. The summed E-state index contributed by atoms with van der Waals surface area (Å²) in [4.78, 5) is 42.2. The molecule has 1 saturated heterocycles. The molecule has 0 spiro atoms. The molecule has 1 amide bonds. The molecule has 1 atom stereocenters. The van der Waals surface area contributed by atoms with E-state index < -0.39 is 23.0 Å². The first-order chi connectivity index (χ1) is 10.8. The van der Waals surface area contributed by atoms with E-state index in [-0.39, 0.29) is 5.56 Å². The molecule has 7 nitrogen and oxygen atoms in total. The Bertz CT molecular complexity index is 873. The summed E-state index contributed by atoms with van der Waals surface area (Å²) in [6, 6.07) is 3.49. The lowest BCUT2D eigenvalue weighted by Gasteiger charge is -2.30. The number of pyridine rings is 1. The zero-order chi connectivity index (χ0) is 16.8. The van der Waals surface area contributed by atoms with E-state index in [1.54, 1.807) is 18.3 Å². The molecule has 1 fully saturated rings. The fraction of sp³-hybridized carbons (Fsp3) is 0.375. The number of fused-ring (bicyclic) bond motifs is 1. The van der Waals surface area contributed by atoms with Crippen LogP contribution in [0.4, 0.5) is 0 Å². The fourth-order valence-electron chi connectivity index (χ4n) is 2.98. The van der Waals surface area contributed by atoms with Gasteiger partial charge in [0.15, 0.2) is 0 Å². The van der Waals surface area contributed by atoms with Crippen LogP contribution in [-0.2, 0) is 4.79 Å². The van der Waals surface area contributed by atoms with Crippen molar-refractivity contribution in [2.75, 3.05) is 6.54 Å². The molecule has 2 aromatic rings. The Labute approximate surface area is 132 Å². The number of carbonyl (C=O) groups excluding carboxylic acids is 1. The highest BCUT2D eigenvalue weighted by molar-refractivity contribution is 5.97. The molecule has 0 saturated carbocycles. The Kier molecular flexibility index (Phi) is 3.43. The van der Waals surface area contributed by atoms with Crippen LogP contribution in [0.5, 0.6) is 0 Å². The predicted molar refractivity (Wildman–Crippen MR) is 82.5 cm³/mol. The van der Waals surface area contributed by atoms with Crippen LogP contribution in [0.2, 0.25) is 0 Å². The van der Waals surface area contributed by atoms with E-state index in [0.29, 0.717) is 25.0 Å². The molecule has 0 aromatic carbocycles. The van der Waals surface area contributed by atoms with E-state index in [2.05, 4.69) is 4.98 Å². The lowest BCUT2D eigenvalue weighted by Crippen LogP contribution is -2.51. The molecule has 1 N–H and O–H groups in total. The van der Waals surface area contributed by atoms with Crippen LogP contribution in [0.3, 0.4) is 0 Å². The molecule has 23 heavy (non-hydrogen) atoms. The van der Waals surface area contributed by atoms with Gasteiger partial charge in [-0.3, -0.25) is 14.0 Å². The third-order valence-electron chi connectivity index (χ3n) is 4.44. The zero-order valence-corrected chi connectivity index (χ0v) is 12.9. The normalized spacial score (nSPS) is 20.9. The lowest BCUT2D eigenvalue weighted by molar-refractivity contribution is -0.147. The maximum atomic E-state index is 12.7. The number of carboxylic acid groups (broad SMARTS) is 1. The first-order valence-electron chi connectivity index (χ1n) is 7.38. The predicted octanol–water partition coefficient (Wildman–Crippen LogP) is 1.08. The van der Waals surface area contributed by atoms with Crippen LogP contribution in [-0.4, -0.2) is 43.4 Å². The van der Waals surface area contributed by atoms with Crippen molar-refractivity contribution >= 4 is 17.5 Å². The van der Waals surface area contributed by atoms with Crippen LogP contribution in [0.1, 0.15) is 35.7 Å². The number of aryl methyl sites for hydroxylation is 1. The number of aliphatic carboxylic acids is 1. The number of rotatable bonds is 2. The Morgan fingerprint density at radius 3 is 2.83 bits per heavy atom. The molecular weight excluding hydrogens is 298 g/mol. The Morgan fingerprint density at radius 1 is 1.39 bits per heavy atom. The molecule has 1 unspecified atom stereocenters. The summed E-state index contributed by atoms with van der Waals surface area (Å²) in [5.74, 6) is -1.65. The standard InChI is InChI=1S/C16H17N3O4/c1-10-4-7-18-12(8-10)17-9-11(13(18)20)14(21)19-6-3-5-16(19,2)15(22)23/h4,7-9H,3,5-6H2,1-2H3,(H,22,23). The Morgan fingerprint density at radius 2 is 2.13 bits per heavy atom. The summed E-state index contributed by atoms with van der Waals surface area (Å²) in [7, 11) is 0. The van der Waals surface area contributed by atoms with E-state index >= 15 is 0 Å². The monoisotopic (exact) mass is 315 g/mol. The minimum absolute atomic E-state index is 0.110. The second-order valence-electron chi connectivity index (χ2n) is 6.05. The Hall–Kier alpha value is -2.70. The average Bonchev–Trinajstić information content (AvgIpc) is 2.90. The van der Waals surface area contributed by atoms with Gasteiger partial charge in [-0.15, -0.1) is 0 Å². The van der Waals surface area contributed by atoms with Gasteiger partial charge in [-0.1, -0.05) is 0 Å². The first kappa shape index (κ1) is 15.2. The van der Waals surface area contributed by atoms with Crippen LogP contribution >= 0.6 is 0 Å². The highest BCUT2D eigenvalue weighted by atomic mass is 16.4. The summed E-state index contributed by atoms with van der Waals surface area (Å²) >= 11 is 0. The SMILES string of the molecule is Cc1ccn2c(=O)c(C(=O)N3CCCC3(C)C(=O)O)cnc2c1. The number of hydrogen-bond acceptors (Lipinski definition) is 4. The van der Waals surface area contributed by atoms with Crippen molar-refractivity contribution in [1.82, 2.24) is 14.3 Å². The van der Waals surface area contributed by atoms with Gasteiger partial charge in [-0.25, -0.2) is 9.78 Å². The molecule has 3 heterocycles. The number of nitrogens with zero attached hydrogens (tertiary/aromatic N) is 3. The van der Waals surface area contributed by atoms with E-state index in [0.717, 1.165) is 5.56 Å². The van der Waals surface area contributed by atoms with Gasteiger partial charge in [-0.05, 0) is 44.4 Å². The van der Waals surface area contributed by atoms with E-state index in [9.17, 15) is 19.5 Å². The van der Waals surface area contributed by atoms with Gasteiger partial charge in [0, 0.05) is 18.9 Å². The van der Waals surface area contributed by atoms with Crippen LogP contribution in [0.15, 0.2) is 29.3 Å².